The topological polar surface area (TPSA) is 53.5 Å². The van der Waals surface area contributed by atoms with Crippen molar-refractivity contribution in [2.45, 2.75) is 39.0 Å². The van der Waals surface area contributed by atoms with E-state index in [2.05, 4.69) is 11.9 Å². The highest BCUT2D eigenvalue weighted by Crippen LogP contribution is 2.18. The van der Waals surface area contributed by atoms with Gasteiger partial charge in [-0.2, -0.15) is 0 Å². The Morgan fingerprint density at radius 3 is 2.22 bits per heavy atom. The Bertz CT molecular complexity index is 581. The number of likely N-dealkylation sites (tertiary alicyclic amines) is 2. The van der Waals surface area contributed by atoms with Crippen LogP contribution in [0.1, 0.15) is 60.0 Å². The molecule has 0 aromatic carbocycles. The van der Waals surface area contributed by atoms with Crippen molar-refractivity contribution in [3.63, 3.8) is 0 Å². The summed E-state index contributed by atoms with van der Waals surface area (Å²) in [7, 11) is 0. The van der Waals surface area contributed by atoms with Crippen LogP contribution in [0.2, 0.25) is 0 Å². The third kappa shape index (κ3) is 3.71. The van der Waals surface area contributed by atoms with Gasteiger partial charge in [-0.15, -0.1) is 0 Å². The number of carbonyl (C=O) groups excluding carboxylic acids is 2. The zero-order valence-electron chi connectivity index (χ0n) is 13.8. The fraction of sp³-hybridized carbons (Fsp3) is 0.611. The van der Waals surface area contributed by atoms with E-state index < -0.39 is 0 Å². The Hall–Kier alpha value is -1.91. The summed E-state index contributed by atoms with van der Waals surface area (Å²) in [6.45, 7) is 5.33. The fourth-order valence-corrected chi connectivity index (χ4v) is 3.47. The Labute approximate surface area is 137 Å². The Morgan fingerprint density at radius 1 is 0.957 bits per heavy atom. The van der Waals surface area contributed by atoms with Crippen LogP contribution < -0.4 is 0 Å². The van der Waals surface area contributed by atoms with Crippen molar-refractivity contribution in [2.75, 3.05) is 26.2 Å². The highest BCUT2D eigenvalue weighted by molar-refractivity contribution is 5.96. The van der Waals surface area contributed by atoms with Gasteiger partial charge in [0.2, 0.25) is 0 Å². The van der Waals surface area contributed by atoms with E-state index in [-0.39, 0.29) is 11.8 Å². The molecule has 0 N–H and O–H groups in total. The van der Waals surface area contributed by atoms with Gasteiger partial charge in [-0.1, -0.05) is 13.0 Å². The molecule has 2 aliphatic rings. The van der Waals surface area contributed by atoms with E-state index in [0.717, 1.165) is 45.4 Å². The number of aromatic nitrogens is 1. The summed E-state index contributed by atoms with van der Waals surface area (Å²) in [6.07, 6.45) is 5.50. The molecule has 2 saturated heterocycles. The van der Waals surface area contributed by atoms with Gasteiger partial charge in [-0.05, 0) is 50.2 Å². The molecule has 0 aliphatic carbocycles. The number of nitrogens with zero attached hydrogens (tertiary/aromatic N) is 3. The first-order valence-electron chi connectivity index (χ1n) is 8.71. The molecule has 1 unspecified atom stereocenters. The third-order valence-electron chi connectivity index (χ3n) is 4.77. The van der Waals surface area contributed by atoms with Gasteiger partial charge in [0.15, 0.2) is 0 Å². The fourth-order valence-electron chi connectivity index (χ4n) is 3.47. The maximum absolute atomic E-state index is 12.6. The van der Waals surface area contributed by atoms with Gasteiger partial charge in [0.05, 0.1) is 0 Å². The number of pyridine rings is 1. The lowest BCUT2D eigenvalue weighted by molar-refractivity contribution is 0.0675. The van der Waals surface area contributed by atoms with E-state index in [1.54, 1.807) is 18.2 Å². The van der Waals surface area contributed by atoms with Gasteiger partial charge in [-0.25, -0.2) is 4.98 Å². The lowest BCUT2D eigenvalue weighted by Gasteiger charge is -2.30. The second kappa shape index (κ2) is 7.11. The van der Waals surface area contributed by atoms with Gasteiger partial charge in [-0.3, -0.25) is 9.59 Å². The van der Waals surface area contributed by atoms with E-state index >= 15 is 0 Å². The van der Waals surface area contributed by atoms with Crippen molar-refractivity contribution in [1.82, 2.24) is 14.8 Å². The molecule has 0 saturated carbocycles. The van der Waals surface area contributed by atoms with E-state index in [1.165, 1.54) is 12.8 Å². The number of piperidine rings is 2. The summed E-state index contributed by atoms with van der Waals surface area (Å²) < 4.78 is 0. The Morgan fingerprint density at radius 2 is 1.57 bits per heavy atom. The lowest BCUT2D eigenvalue weighted by Crippen LogP contribution is -2.40. The molecule has 3 heterocycles. The predicted octanol–water partition coefficient (Wildman–Crippen LogP) is 2.58. The summed E-state index contributed by atoms with van der Waals surface area (Å²) in [6, 6.07) is 5.20. The van der Waals surface area contributed by atoms with Crippen molar-refractivity contribution in [1.29, 1.82) is 0 Å². The van der Waals surface area contributed by atoms with Crippen LogP contribution in [0.3, 0.4) is 0 Å². The summed E-state index contributed by atoms with van der Waals surface area (Å²) in [4.78, 5) is 33.3. The molecule has 2 fully saturated rings. The van der Waals surface area contributed by atoms with Crippen LogP contribution in [-0.4, -0.2) is 52.8 Å². The minimum atomic E-state index is -0.0511. The van der Waals surface area contributed by atoms with Gasteiger partial charge < -0.3 is 9.80 Å². The second-order valence-electron chi connectivity index (χ2n) is 6.76. The predicted molar refractivity (Wildman–Crippen MR) is 88.3 cm³/mol. The van der Waals surface area contributed by atoms with Crippen LogP contribution in [0, 0.1) is 5.92 Å². The quantitative estimate of drug-likeness (QED) is 0.843. The van der Waals surface area contributed by atoms with Crippen LogP contribution in [0.4, 0.5) is 0 Å². The Balaban J connectivity index is 1.73. The van der Waals surface area contributed by atoms with Crippen LogP contribution in [0.5, 0.6) is 0 Å². The molecule has 124 valence electrons. The maximum atomic E-state index is 12.6. The third-order valence-corrected chi connectivity index (χ3v) is 4.77. The van der Waals surface area contributed by atoms with Crippen LogP contribution in [-0.2, 0) is 0 Å². The SMILES string of the molecule is CC1CCCN(C(=O)c2cccc(C(=O)N3CCCCC3)n2)C1. The molecule has 3 rings (SSSR count). The van der Waals surface area contributed by atoms with E-state index in [1.807, 2.05) is 9.80 Å². The first-order valence-corrected chi connectivity index (χ1v) is 8.71. The summed E-state index contributed by atoms with van der Waals surface area (Å²) in [5, 5.41) is 0. The first kappa shape index (κ1) is 16.0. The van der Waals surface area contributed by atoms with E-state index in [0.29, 0.717) is 17.3 Å². The highest BCUT2D eigenvalue weighted by atomic mass is 16.2. The molecule has 0 spiro atoms. The van der Waals surface area contributed by atoms with Crippen molar-refractivity contribution in [3.8, 4) is 0 Å². The number of carbonyl (C=O) groups is 2. The first-order chi connectivity index (χ1) is 11.1. The minimum absolute atomic E-state index is 0.0497. The molecule has 2 aliphatic heterocycles. The average Bonchev–Trinajstić information content (AvgIpc) is 2.61. The monoisotopic (exact) mass is 315 g/mol. The number of hydrogen-bond acceptors (Lipinski definition) is 3. The molecule has 5 heteroatoms. The summed E-state index contributed by atoms with van der Waals surface area (Å²) in [5.74, 6) is 0.432. The van der Waals surface area contributed by atoms with E-state index in [9.17, 15) is 9.59 Å². The van der Waals surface area contributed by atoms with Crippen molar-refractivity contribution < 1.29 is 9.59 Å². The van der Waals surface area contributed by atoms with Gasteiger partial charge >= 0.3 is 0 Å². The van der Waals surface area contributed by atoms with Crippen molar-refractivity contribution >= 4 is 11.8 Å². The van der Waals surface area contributed by atoms with Crippen molar-refractivity contribution in [3.05, 3.63) is 29.6 Å². The zero-order valence-corrected chi connectivity index (χ0v) is 13.8. The second-order valence-corrected chi connectivity index (χ2v) is 6.76. The normalized spacial score (nSPS) is 22.0. The molecule has 1 aromatic rings. The minimum Gasteiger partial charge on any atom is -0.337 e. The Kier molecular flexibility index (Phi) is 4.94. The molecule has 2 amide bonds. The molecular formula is C18H25N3O2. The smallest absolute Gasteiger partial charge is 0.272 e. The van der Waals surface area contributed by atoms with Crippen LogP contribution >= 0.6 is 0 Å². The largest absolute Gasteiger partial charge is 0.337 e. The van der Waals surface area contributed by atoms with E-state index in [4.69, 9.17) is 0 Å². The molecule has 23 heavy (non-hydrogen) atoms. The molecule has 1 atom stereocenters. The summed E-state index contributed by atoms with van der Waals surface area (Å²) in [5.41, 5.74) is 0.782. The molecule has 5 nitrogen and oxygen atoms in total. The number of rotatable bonds is 2. The molecule has 0 radical (unpaired) electrons. The maximum Gasteiger partial charge on any atom is 0.272 e. The number of hydrogen-bond donors (Lipinski definition) is 0. The lowest BCUT2D eigenvalue weighted by atomic mass is 10.00. The van der Waals surface area contributed by atoms with Gasteiger partial charge in [0, 0.05) is 26.2 Å². The van der Waals surface area contributed by atoms with Crippen LogP contribution in [0.15, 0.2) is 18.2 Å². The van der Waals surface area contributed by atoms with Gasteiger partial charge in [0.25, 0.3) is 11.8 Å². The zero-order chi connectivity index (χ0) is 16.2. The standard InChI is InChI=1S/C18H25N3O2/c1-14-7-6-12-21(13-14)18(23)16-9-5-8-15(19-16)17(22)20-10-3-2-4-11-20/h5,8-9,14H,2-4,6-7,10-13H2,1H3. The summed E-state index contributed by atoms with van der Waals surface area (Å²) >= 11 is 0. The molecule has 0 bridgehead atoms. The van der Waals surface area contributed by atoms with Gasteiger partial charge in [0.1, 0.15) is 11.4 Å². The van der Waals surface area contributed by atoms with Crippen LogP contribution in [0.25, 0.3) is 0 Å². The highest BCUT2D eigenvalue weighted by Gasteiger charge is 2.24. The molecular weight excluding hydrogens is 290 g/mol. The number of amides is 2. The average molecular weight is 315 g/mol. The van der Waals surface area contributed by atoms with Crippen molar-refractivity contribution in [2.24, 2.45) is 5.92 Å². The molecule has 1 aromatic heterocycles.